The van der Waals surface area contributed by atoms with Gasteiger partial charge in [0.2, 0.25) is 0 Å². The van der Waals surface area contributed by atoms with E-state index >= 15 is 0 Å². The molecule has 1 amide bonds. The normalized spacial score (nSPS) is 14.9. The van der Waals surface area contributed by atoms with Gasteiger partial charge in [0.05, 0.1) is 10.1 Å². The van der Waals surface area contributed by atoms with Crippen molar-refractivity contribution in [3.05, 3.63) is 90.0 Å². The SMILES string of the molecule is CC(C)S(=O)(=O)c1ccc(C(=O)Nc2ccc(N3CCN(Cc4ccccc4)CC3)cc2)cc1. The van der Waals surface area contributed by atoms with E-state index in [1.165, 1.54) is 17.7 Å². The molecule has 0 radical (unpaired) electrons. The molecule has 0 aromatic heterocycles. The number of carbonyl (C=O) groups is 1. The minimum atomic E-state index is -3.35. The van der Waals surface area contributed by atoms with Crippen molar-refractivity contribution >= 4 is 27.1 Å². The molecule has 1 fully saturated rings. The molecule has 0 bridgehead atoms. The number of anilines is 2. The fourth-order valence-corrected chi connectivity index (χ4v) is 5.09. The van der Waals surface area contributed by atoms with Crippen molar-refractivity contribution in [1.29, 1.82) is 0 Å². The van der Waals surface area contributed by atoms with Crippen LogP contribution in [0, 0.1) is 0 Å². The molecular weight excluding hydrogens is 446 g/mol. The number of nitrogens with zero attached hydrogens (tertiary/aromatic N) is 2. The second-order valence-corrected chi connectivity index (χ2v) is 11.4. The summed E-state index contributed by atoms with van der Waals surface area (Å²) in [6.07, 6.45) is 0. The van der Waals surface area contributed by atoms with Crippen LogP contribution in [0.15, 0.2) is 83.8 Å². The third-order valence-corrected chi connectivity index (χ3v) is 8.35. The Balaban J connectivity index is 1.31. The molecule has 1 N–H and O–H groups in total. The fraction of sp³-hybridized carbons (Fsp3) is 0.296. The van der Waals surface area contributed by atoms with Gasteiger partial charge in [-0.2, -0.15) is 0 Å². The molecule has 3 aromatic rings. The van der Waals surface area contributed by atoms with E-state index in [-0.39, 0.29) is 10.8 Å². The summed E-state index contributed by atoms with van der Waals surface area (Å²) < 4.78 is 24.5. The maximum absolute atomic E-state index is 12.6. The molecule has 7 heteroatoms. The Bertz CT molecular complexity index is 1200. The zero-order chi connectivity index (χ0) is 24.1. The summed E-state index contributed by atoms with van der Waals surface area (Å²) in [5, 5.41) is 2.39. The first-order valence-corrected chi connectivity index (χ1v) is 13.1. The van der Waals surface area contributed by atoms with Gasteiger partial charge in [-0.3, -0.25) is 9.69 Å². The van der Waals surface area contributed by atoms with Crippen LogP contribution >= 0.6 is 0 Å². The lowest BCUT2D eigenvalue weighted by Gasteiger charge is -2.36. The first-order chi connectivity index (χ1) is 16.3. The fourth-order valence-electron chi connectivity index (χ4n) is 4.03. The number of carbonyl (C=O) groups excluding carboxylic acids is 1. The summed E-state index contributed by atoms with van der Waals surface area (Å²) in [6, 6.07) is 24.5. The van der Waals surface area contributed by atoms with Gasteiger partial charge in [-0.15, -0.1) is 0 Å². The summed E-state index contributed by atoms with van der Waals surface area (Å²) in [4.78, 5) is 17.7. The monoisotopic (exact) mass is 477 g/mol. The second-order valence-electron chi connectivity index (χ2n) is 8.87. The largest absolute Gasteiger partial charge is 0.369 e. The molecule has 4 rings (SSSR count). The topological polar surface area (TPSA) is 69.7 Å². The van der Waals surface area contributed by atoms with Gasteiger partial charge in [-0.25, -0.2) is 8.42 Å². The Morgan fingerprint density at radius 1 is 0.853 bits per heavy atom. The minimum absolute atomic E-state index is 0.229. The van der Waals surface area contributed by atoms with Gasteiger partial charge in [0.25, 0.3) is 5.91 Å². The zero-order valence-electron chi connectivity index (χ0n) is 19.6. The van der Waals surface area contributed by atoms with E-state index in [1.807, 2.05) is 30.3 Å². The quantitative estimate of drug-likeness (QED) is 0.545. The van der Waals surface area contributed by atoms with Crippen LogP contribution < -0.4 is 10.2 Å². The van der Waals surface area contributed by atoms with Gasteiger partial charge in [-0.1, -0.05) is 30.3 Å². The maximum atomic E-state index is 12.6. The Hall–Kier alpha value is -3.16. The summed E-state index contributed by atoms with van der Waals surface area (Å²) in [5.74, 6) is -0.268. The number of piperazine rings is 1. The standard InChI is InChI=1S/C27H31N3O3S/c1-21(2)34(32,33)26-14-8-23(9-15-26)27(31)28-24-10-12-25(13-11-24)30-18-16-29(17-19-30)20-22-6-4-3-5-7-22/h3-15,21H,16-20H2,1-2H3,(H,28,31). The highest BCUT2D eigenvalue weighted by molar-refractivity contribution is 7.92. The number of amides is 1. The van der Waals surface area contributed by atoms with Crippen molar-refractivity contribution in [2.45, 2.75) is 30.5 Å². The lowest BCUT2D eigenvalue weighted by molar-refractivity contribution is 0.102. The smallest absolute Gasteiger partial charge is 0.255 e. The average molecular weight is 478 g/mol. The molecule has 178 valence electrons. The Morgan fingerprint density at radius 3 is 2.06 bits per heavy atom. The maximum Gasteiger partial charge on any atom is 0.255 e. The predicted molar refractivity (Wildman–Crippen MR) is 137 cm³/mol. The van der Waals surface area contributed by atoms with E-state index in [1.54, 1.807) is 26.0 Å². The van der Waals surface area contributed by atoms with Gasteiger partial charge < -0.3 is 10.2 Å². The van der Waals surface area contributed by atoms with Crippen molar-refractivity contribution in [2.75, 3.05) is 36.4 Å². The van der Waals surface area contributed by atoms with Crippen LogP contribution in [0.1, 0.15) is 29.8 Å². The summed E-state index contributed by atoms with van der Waals surface area (Å²) in [5.41, 5.74) is 3.60. The van der Waals surface area contributed by atoms with E-state index in [9.17, 15) is 13.2 Å². The zero-order valence-corrected chi connectivity index (χ0v) is 20.5. The summed E-state index contributed by atoms with van der Waals surface area (Å²) in [7, 11) is -3.35. The molecule has 34 heavy (non-hydrogen) atoms. The predicted octanol–water partition coefficient (Wildman–Crippen LogP) is 4.44. The molecular formula is C27H31N3O3S. The van der Waals surface area contributed by atoms with E-state index in [2.05, 4.69) is 39.4 Å². The van der Waals surface area contributed by atoms with Gasteiger partial charge in [-0.05, 0) is 67.9 Å². The lowest BCUT2D eigenvalue weighted by Crippen LogP contribution is -2.45. The van der Waals surface area contributed by atoms with Crippen LogP contribution in [0.3, 0.4) is 0 Å². The van der Waals surface area contributed by atoms with Crippen molar-refractivity contribution in [3.63, 3.8) is 0 Å². The number of benzene rings is 3. The van der Waals surface area contributed by atoms with Gasteiger partial charge >= 0.3 is 0 Å². The molecule has 1 aliphatic heterocycles. The Kier molecular flexibility index (Phi) is 7.34. The third kappa shape index (κ3) is 5.66. The molecule has 0 unspecified atom stereocenters. The van der Waals surface area contributed by atoms with Crippen LogP contribution in [0.4, 0.5) is 11.4 Å². The van der Waals surface area contributed by atoms with Crippen LogP contribution in [0.5, 0.6) is 0 Å². The Morgan fingerprint density at radius 2 is 1.47 bits per heavy atom. The van der Waals surface area contributed by atoms with E-state index in [4.69, 9.17) is 0 Å². The number of hydrogen-bond acceptors (Lipinski definition) is 5. The molecule has 0 spiro atoms. The molecule has 0 saturated carbocycles. The highest BCUT2D eigenvalue weighted by Crippen LogP contribution is 2.21. The van der Waals surface area contributed by atoms with E-state index in [0.29, 0.717) is 11.3 Å². The van der Waals surface area contributed by atoms with Crippen LogP contribution in [0.2, 0.25) is 0 Å². The average Bonchev–Trinajstić information content (AvgIpc) is 2.85. The number of rotatable bonds is 7. The first-order valence-electron chi connectivity index (χ1n) is 11.6. The molecule has 1 aliphatic rings. The minimum Gasteiger partial charge on any atom is -0.369 e. The van der Waals surface area contributed by atoms with Gasteiger partial charge in [0.1, 0.15) is 0 Å². The van der Waals surface area contributed by atoms with E-state index in [0.717, 1.165) is 38.4 Å². The first kappa shape index (κ1) is 24.0. The molecule has 0 atom stereocenters. The second kappa shape index (κ2) is 10.4. The van der Waals surface area contributed by atoms with Crippen LogP contribution in [-0.2, 0) is 16.4 Å². The Labute approximate surface area is 202 Å². The van der Waals surface area contributed by atoms with E-state index < -0.39 is 15.1 Å². The third-order valence-electron chi connectivity index (χ3n) is 6.18. The van der Waals surface area contributed by atoms with Gasteiger partial charge in [0.15, 0.2) is 9.84 Å². The number of hydrogen-bond donors (Lipinski definition) is 1. The van der Waals surface area contributed by atoms with Crippen molar-refractivity contribution in [2.24, 2.45) is 0 Å². The van der Waals surface area contributed by atoms with Crippen LogP contribution in [0.25, 0.3) is 0 Å². The number of nitrogens with one attached hydrogen (secondary N) is 1. The molecule has 3 aromatic carbocycles. The van der Waals surface area contributed by atoms with Crippen molar-refractivity contribution in [3.8, 4) is 0 Å². The van der Waals surface area contributed by atoms with Gasteiger partial charge in [0, 0.05) is 49.7 Å². The number of sulfone groups is 1. The summed E-state index contributed by atoms with van der Waals surface area (Å²) >= 11 is 0. The molecule has 0 aliphatic carbocycles. The lowest BCUT2D eigenvalue weighted by atomic mass is 10.2. The van der Waals surface area contributed by atoms with Crippen molar-refractivity contribution < 1.29 is 13.2 Å². The van der Waals surface area contributed by atoms with Crippen LogP contribution in [-0.4, -0.2) is 50.7 Å². The molecule has 1 heterocycles. The molecule has 1 saturated heterocycles. The summed E-state index contributed by atoms with van der Waals surface area (Å²) in [6.45, 7) is 8.21. The van der Waals surface area contributed by atoms with Crippen molar-refractivity contribution in [1.82, 2.24) is 4.90 Å². The highest BCUT2D eigenvalue weighted by atomic mass is 32.2. The highest BCUT2D eigenvalue weighted by Gasteiger charge is 2.20. The molecule has 6 nitrogen and oxygen atoms in total.